The van der Waals surface area contributed by atoms with Gasteiger partial charge in [0.1, 0.15) is 17.5 Å². The van der Waals surface area contributed by atoms with Crippen LogP contribution in [0.1, 0.15) is 27.7 Å². The normalized spacial score (nSPS) is 18.6. The maximum atomic E-state index is 12.8. The zero-order valence-electron chi connectivity index (χ0n) is 15.3. The number of anilines is 1. The van der Waals surface area contributed by atoms with Gasteiger partial charge in [0.15, 0.2) is 0 Å². The number of hydrogen-bond acceptors (Lipinski definition) is 4. The van der Waals surface area contributed by atoms with Gasteiger partial charge in [-0.05, 0) is 6.92 Å². The molecular formula is C18H26N2O4. The molecule has 6 heteroatoms. The smallest absolute Gasteiger partial charge is 0.249 e. The van der Waals surface area contributed by atoms with E-state index < -0.39 is 11.5 Å². The fourth-order valence-corrected chi connectivity index (χ4v) is 2.78. The predicted octanol–water partition coefficient (Wildman–Crippen LogP) is 2.31. The molecule has 1 fully saturated rings. The molecule has 132 valence electrons. The van der Waals surface area contributed by atoms with E-state index in [2.05, 4.69) is 0 Å². The molecule has 1 aliphatic heterocycles. The van der Waals surface area contributed by atoms with Crippen LogP contribution in [-0.2, 0) is 9.59 Å². The van der Waals surface area contributed by atoms with Crippen LogP contribution < -0.4 is 14.4 Å². The monoisotopic (exact) mass is 334 g/mol. The van der Waals surface area contributed by atoms with Crippen LogP contribution >= 0.6 is 0 Å². The number of carbonyl (C=O) groups excluding carboxylic acids is 2. The van der Waals surface area contributed by atoms with Crippen molar-refractivity contribution in [1.82, 2.24) is 4.90 Å². The molecule has 1 atom stereocenters. The van der Waals surface area contributed by atoms with E-state index in [1.54, 1.807) is 49.1 Å². The molecule has 0 spiro atoms. The zero-order chi connectivity index (χ0) is 18.1. The Hall–Kier alpha value is -2.24. The molecule has 2 amide bonds. The second-order valence-electron chi connectivity index (χ2n) is 6.99. The lowest BCUT2D eigenvalue weighted by atomic mass is 9.93. The number of rotatable bonds is 3. The molecule has 0 aromatic heterocycles. The first-order valence-corrected chi connectivity index (χ1v) is 8.04. The third-order valence-electron chi connectivity index (χ3n) is 4.21. The summed E-state index contributed by atoms with van der Waals surface area (Å²) in [5.41, 5.74) is 0.210. The highest BCUT2D eigenvalue weighted by Gasteiger charge is 2.38. The summed E-state index contributed by atoms with van der Waals surface area (Å²) < 4.78 is 10.5. The SMILES string of the molecule is COc1cc(OC)cc(N2CCN(C(=O)C(C)(C)C)C(C)C2=O)c1. The summed E-state index contributed by atoms with van der Waals surface area (Å²) in [7, 11) is 3.14. The van der Waals surface area contributed by atoms with Gasteiger partial charge in [-0.1, -0.05) is 20.8 Å². The minimum Gasteiger partial charge on any atom is -0.497 e. The zero-order valence-corrected chi connectivity index (χ0v) is 15.3. The summed E-state index contributed by atoms with van der Waals surface area (Å²) in [6.07, 6.45) is 0. The molecule has 1 unspecified atom stereocenters. The van der Waals surface area contributed by atoms with E-state index in [1.165, 1.54) is 0 Å². The minimum atomic E-state index is -0.504. The van der Waals surface area contributed by atoms with E-state index in [4.69, 9.17) is 9.47 Å². The van der Waals surface area contributed by atoms with Crippen molar-refractivity contribution in [2.45, 2.75) is 33.7 Å². The molecule has 24 heavy (non-hydrogen) atoms. The van der Waals surface area contributed by atoms with Crippen LogP contribution in [0.4, 0.5) is 5.69 Å². The highest BCUT2D eigenvalue weighted by molar-refractivity contribution is 6.01. The summed E-state index contributed by atoms with van der Waals surface area (Å²) in [6, 6.07) is 4.86. The summed E-state index contributed by atoms with van der Waals surface area (Å²) in [4.78, 5) is 28.7. The molecule has 1 saturated heterocycles. The maximum absolute atomic E-state index is 12.8. The van der Waals surface area contributed by atoms with E-state index >= 15 is 0 Å². The Morgan fingerprint density at radius 2 is 1.62 bits per heavy atom. The molecule has 1 aliphatic rings. The average Bonchev–Trinajstić information content (AvgIpc) is 2.55. The van der Waals surface area contributed by atoms with Gasteiger partial charge in [-0.2, -0.15) is 0 Å². The van der Waals surface area contributed by atoms with Crippen LogP contribution in [-0.4, -0.2) is 50.1 Å². The van der Waals surface area contributed by atoms with Crippen LogP contribution in [0.15, 0.2) is 18.2 Å². The van der Waals surface area contributed by atoms with Gasteiger partial charge < -0.3 is 19.3 Å². The first-order chi connectivity index (χ1) is 11.2. The van der Waals surface area contributed by atoms with E-state index in [0.29, 0.717) is 30.3 Å². The van der Waals surface area contributed by atoms with Crippen LogP contribution in [0.2, 0.25) is 0 Å². The van der Waals surface area contributed by atoms with Gasteiger partial charge in [0, 0.05) is 36.7 Å². The molecule has 0 aliphatic carbocycles. The number of methoxy groups -OCH3 is 2. The molecule has 2 rings (SSSR count). The fraction of sp³-hybridized carbons (Fsp3) is 0.556. The highest BCUT2D eigenvalue weighted by atomic mass is 16.5. The quantitative estimate of drug-likeness (QED) is 0.851. The van der Waals surface area contributed by atoms with E-state index in [0.717, 1.165) is 0 Å². The predicted molar refractivity (Wildman–Crippen MR) is 92.5 cm³/mol. The van der Waals surface area contributed by atoms with Gasteiger partial charge in [-0.25, -0.2) is 0 Å². The van der Waals surface area contributed by atoms with Crippen molar-refractivity contribution < 1.29 is 19.1 Å². The number of hydrogen-bond donors (Lipinski definition) is 0. The Balaban J connectivity index is 2.27. The first kappa shape index (κ1) is 18.1. The molecule has 6 nitrogen and oxygen atoms in total. The molecule has 1 aromatic rings. The van der Waals surface area contributed by atoms with Crippen molar-refractivity contribution in [3.63, 3.8) is 0 Å². The van der Waals surface area contributed by atoms with E-state index in [-0.39, 0.29) is 11.8 Å². The topological polar surface area (TPSA) is 59.1 Å². The Kier molecular flexibility index (Phi) is 5.06. The average molecular weight is 334 g/mol. The largest absolute Gasteiger partial charge is 0.497 e. The molecule has 0 radical (unpaired) electrons. The number of amides is 2. The number of benzene rings is 1. The van der Waals surface area contributed by atoms with Crippen molar-refractivity contribution >= 4 is 17.5 Å². The van der Waals surface area contributed by atoms with Gasteiger partial charge in [-0.15, -0.1) is 0 Å². The summed E-state index contributed by atoms with van der Waals surface area (Å²) in [6.45, 7) is 8.32. The highest BCUT2D eigenvalue weighted by Crippen LogP contribution is 2.31. The minimum absolute atomic E-state index is 0.00813. The molecule has 0 bridgehead atoms. The lowest BCUT2D eigenvalue weighted by Gasteiger charge is -2.41. The first-order valence-electron chi connectivity index (χ1n) is 8.04. The second-order valence-corrected chi connectivity index (χ2v) is 6.99. The van der Waals surface area contributed by atoms with Crippen LogP contribution in [0.5, 0.6) is 11.5 Å². The molecule has 0 saturated carbocycles. The lowest BCUT2D eigenvalue weighted by molar-refractivity contribution is -0.147. The Morgan fingerprint density at radius 1 is 1.08 bits per heavy atom. The van der Waals surface area contributed by atoms with Crippen molar-refractivity contribution in [1.29, 1.82) is 0 Å². The number of nitrogens with zero attached hydrogens (tertiary/aromatic N) is 2. The van der Waals surface area contributed by atoms with Gasteiger partial charge in [0.05, 0.1) is 19.9 Å². The number of carbonyl (C=O) groups is 2. The van der Waals surface area contributed by atoms with Gasteiger partial charge in [-0.3, -0.25) is 9.59 Å². The standard InChI is InChI=1S/C18H26N2O4/c1-12-16(21)20(8-7-19(12)17(22)18(2,3)4)13-9-14(23-5)11-15(10-13)24-6/h9-12H,7-8H2,1-6H3. The molecule has 1 aromatic carbocycles. The third-order valence-corrected chi connectivity index (χ3v) is 4.21. The maximum Gasteiger partial charge on any atom is 0.249 e. The Bertz CT molecular complexity index is 614. The van der Waals surface area contributed by atoms with Gasteiger partial charge in [0.2, 0.25) is 11.8 Å². The van der Waals surface area contributed by atoms with Crippen molar-refractivity contribution in [2.24, 2.45) is 5.41 Å². The van der Waals surface area contributed by atoms with Crippen molar-refractivity contribution in [2.75, 3.05) is 32.2 Å². The summed E-state index contributed by atoms with van der Waals surface area (Å²) in [5, 5.41) is 0. The van der Waals surface area contributed by atoms with Crippen molar-refractivity contribution in [3.05, 3.63) is 18.2 Å². The van der Waals surface area contributed by atoms with Gasteiger partial charge >= 0.3 is 0 Å². The summed E-state index contributed by atoms with van der Waals surface area (Å²) in [5.74, 6) is 1.14. The Labute approximate surface area is 143 Å². The molecular weight excluding hydrogens is 308 g/mol. The van der Waals surface area contributed by atoms with E-state index in [9.17, 15) is 9.59 Å². The van der Waals surface area contributed by atoms with Crippen LogP contribution in [0.25, 0.3) is 0 Å². The Morgan fingerprint density at radius 3 is 2.08 bits per heavy atom. The number of piperazine rings is 1. The van der Waals surface area contributed by atoms with Crippen molar-refractivity contribution in [3.8, 4) is 11.5 Å². The summed E-state index contributed by atoms with van der Waals surface area (Å²) >= 11 is 0. The second kappa shape index (κ2) is 6.71. The third kappa shape index (κ3) is 3.47. The van der Waals surface area contributed by atoms with Crippen LogP contribution in [0, 0.1) is 5.41 Å². The number of ether oxygens (including phenoxy) is 2. The molecule has 0 N–H and O–H groups in total. The molecule has 1 heterocycles. The van der Waals surface area contributed by atoms with Crippen LogP contribution in [0.3, 0.4) is 0 Å². The fourth-order valence-electron chi connectivity index (χ4n) is 2.78. The van der Waals surface area contributed by atoms with Gasteiger partial charge in [0.25, 0.3) is 0 Å². The lowest BCUT2D eigenvalue weighted by Crippen LogP contribution is -2.59. The van der Waals surface area contributed by atoms with E-state index in [1.807, 2.05) is 20.8 Å².